The van der Waals surface area contributed by atoms with E-state index in [1.54, 1.807) is 6.07 Å². The van der Waals surface area contributed by atoms with Crippen molar-refractivity contribution in [3.63, 3.8) is 0 Å². The molecule has 0 bridgehead atoms. The van der Waals surface area contributed by atoms with Gasteiger partial charge in [0.2, 0.25) is 0 Å². The summed E-state index contributed by atoms with van der Waals surface area (Å²) >= 11 is 18.2. The topological polar surface area (TPSA) is 42.0 Å². The smallest absolute Gasteiger partial charge is 0.257 e. The van der Waals surface area contributed by atoms with Gasteiger partial charge in [-0.05, 0) is 40.2 Å². The molecule has 1 N–H and O–H groups in total. The summed E-state index contributed by atoms with van der Waals surface area (Å²) in [5.74, 6) is -0.315. The van der Waals surface area contributed by atoms with Gasteiger partial charge in [0.15, 0.2) is 0 Å². The molecule has 2 rings (SSSR count). The minimum absolute atomic E-state index is 0.168. The molecule has 2 aromatic rings. The third-order valence-corrected chi connectivity index (χ3v) is 4.11. The number of nitrogens with one attached hydrogen (secondary N) is 1. The van der Waals surface area contributed by atoms with Crippen molar-refractivity contribution in [1.82, 2.24) is 4.98 Å². The summed E-state index contributed by atoms with van der Waals surface area (Å²) in [7, 11) is 0. The van der Waals surface area contributed by atoms with Gasteiger partial charge < -0.3 is 5.32 Å². The average Bonchev–Trinajstić information content (AvgIpc) is 2.37. The Morgan fingerprint density at radius 2 is 1.95 bits per heavy atom. The summed E-state index contributed by atoms with van der Waals surface area (Å²) in [6.45, 7) is 0. The maximum absolute atomic E-state index is 12.1. The number of halogens is 4. The number of nitrogens with zero attached hydrogens (tertiary/aromatic N) is 1. The lowest BCUT2D eigenvalue weighted by Crippen LogP contribution is -2.12. The van der Waals surface area contributed by atoms with Crippen LogP contribution < -0.4 is 5.32 Å². The highest BCUT2D eigenvalue weighted by Gasteiger charge is 2.11. The van der Waals surface area contributed by atoms with Crippen LogP contribution in [0.5, 0.6) is 0 Å². The van der Waals surface area contributed by atoms with E-state index in [1.165, 1.54) is 12.3 Å². The summed E-state index contributed by atoms with van der Waals surface area (Å²) in [4.78, 5) is 15.9. The summed E-state index contributed by atoms with van der Waals surface area (Å²) in [5.41, 5.74) is 0.978. The third-order valence-electron chi connectivity index (χ3n) is 2.24. The van der Waals surface area contributed by atoms with Gasteiger partial charge in [0.05, 0.1) is 16.3 Å². The number of aromatic nitrogens is 1. The van der Waals surface area contributed by atoms with E-state index in [9.17, 15) is 4.79 Å². The van der Waals surface area contributed by atoms with Gasteiger partial charge in [-0.3, -0.25) is 4.79 Å². The molecule has 1 aromatic heterocycles. The lowest BCUT2D eigenvalue weighted by molar-refractivity contribution is 0.102. The summed E-state index contributed by atoms with van der Waals surface area (Å²) < 4.78 is 1.63. The standard InChI is InChI=1S/C12H6Br2Cl2N2O/c13-7-1-2-8(14)10(4-7)18-12(19)6-3-9(15)11(16)17-5-6/h1-5H,(H,18,19). The van der Waals surface area contributed by atoms with Crippen LogP contribution >= 0.6 is 55.1 Å². The fourth-order valence-corrected chi connectivity index (χ4v) is 2.31. The molecule has 1 aromatic carbocycles. The van der Waals surface area contributed by atoms with Crippen LogP contribution in [0, 0.1) is 0 Å². The minimum atomic E-state index is -0.315. The number of hydrogen-bond acceptors (Lipinski definition) is 2. The molecule has 1 amide bonds. The lowest BCUT2D eigenvalue weighted by Gasteiger charge is -2.08. The highest BCUT2D eigenvalue weighted by molar-refractivity contribution is 9.11. The number of pyridine rings is 1. The highest BCUT2D eigenvalue weighted by atomic mass is 79.9. The summed E-state index contributed by atoms with van der Waals surface area (Å²) in [5, 5.41) is 3.16. The van der Waals surface area contributed by atoms with Gasteiger partial charge in [0, 0.05) is 15.1 Å². The lowest BCUT2D eigenvalue weighted by atomic mass is 10.2. The van der Waals surface area contributed by atoms with Crippen LogP contribution in [0.2, 0.25) is 10.2 Å². The van der Waals surface area contributed by atoms with E-state index in [1.807, 2.05) is 12.1 Å². The predicted molar refractivity (Wildman–Crippen MR) is 84.1 cm³/mol. The van der Waals surface area contributed by atoms with Crippen molar-refractivity contribution in [3.05, 3.63) is 55.1 Å². The van der Waals surface area contributed by atoms with E-state index in [2.05, 4.69) is 42.2 Å². The van der Waals surface area contributed by atoms with Gasteiger partial charge in [0.25, 0.3) is 5.91 Å². The molecule has 0 spiro atoms. The molecule has 0 saturated carbocycles. The molecule has 7 heteroatoms. The first kappa shape index (κ1) is 14.8. The molecule has 1 heterocycles. The Balaban J connectivity index is 2.25. The molecular weight excluding hydrogens is 419 g/mol. The number of benzene rings is 1. The van der Waals surface area contributed by atoms with E-state index in [4.69, 9.17) is 23.2 Å². The Morgan fingerprint density at radius 1 is 1.21 bits per heavy atom. The molecule has 19 heavy (non-hydrogen) atoms. The summed E-state index contributed by atoms with van der Waals surface area (Å²) in [6.07, 6.45) is 1.37. The second-order valence-electron chi connectivity index (χ2n) is 3.57. The minimum Gasteiger partial charge on any atom is -0.321 e. The van der Waals surface area contributed by atoms with Gasteiger partial charge in [-0.1, -0.05) is 39.1 Å². The molecule has 0 radical (unpaired) electrons. The number of carbonyl (C=O) groups is 1. The van der Waals surface area contributed by atoms with Crippen molar-refractivity contribution >= 4 is 66.7 Å². The average molecular weight is 425 g/mol. The van der Waals surface area contributed by atoms with Crippen LogP contribution in [0.1, 0.15) is 10.4 Å². The number of amides is 1. The molecule has 0 aliphatic rings. The van der Waals surface area contributed by atoms with Gasteiger partial charge in [-0.2, -0.15) is 0 Å². The van der Waals surface area contributed by atoms with Crippen molar-refractivity contribution in [2.75, 3.05) is 5.32 Å². The molecule has 0 fully saturated rings. The predicted octanol–water partition coefficient (Wildman–Crippen LogP) is 5.17. The largest absolute Gasteiger partial charge is 0.321 e. The van der Waals surface area contributed by atoms with Crippen molar-refractivity contribution < 1.29 is 4.79 Å². The van der Waals surface area contributed by atoms with Crippen LogP contribution in [0.4, 0.5) is 5.69 Å². The van der Waals surface area contributed by atoms with Crippen LogP contribution in [0.3, 0.4) is 0 Å². The Hall–Kier alpha value is -0.620. The molecule has 0 atom stereocenters. The zero-order chi connectivity index (χ0) is 14.0. The first-order valence-corrected chi connectivity index (χ1v) is 7.39. The first-order chi connectivity index (χ1) is 8.97. The molecule has 0 saturated heterocycles. The van der Waals surface area contributed by atoms with Crippen molar-refractivity contribution in [2.24, 2.45) is 0 Å². The molecule has 0 unspecified atom stereocenters. The van der Waals surface area contributed by atoms with Crippen LogP contribution in [-0.4, -0.2) is 10.9 Å². The number of anilines is 1. The fraction of sp³-hybridized carbons (Fsp3) is 0. The Labute approximate surface area is 136 Å². The highest BCUT2D eigenvalue weighted by Crippen LogP contribution is 2.27. The van der Waals surface area contributed by atoms with Gasteiger partial charge in [0.1, 0.15) is 5.15 Å². The number of carbonyl (C=O) groups excluding carboxylic acids is 1. The Bertz CT molecular complexity index is 650. The quantitative estimate of drug-likeness (QED) is 0.676. The normalized spacial score (nSPS) is 10.3. The van der Waals surface area contributed by atoms with Gasteiger partial charge >= 0.3 is 0 Å². The third kappa shape index (κ3) is 3.69. The van der Waals surface area contributed by atoms with E-state index in [0.717, 1.165) is 8.95 Å². The van der Waals surface area contributed by atoms with Gasteiger partial charge in [-0.25, -0.2) is 4.98 Å². The van der Waals surface area contributed by atoms with Crippen molar-refractivity contribution in [2.45, 2.75) is 0 Å². The molecule has 3 nitrogen and oxygen atoms in total. The first-order valence-electron chi connectivity index (χ1n) is 5.05. The number of hydrogen-bond donors (Lipinski definition) is 1. The molecule has 0 aliphatic heterocycles. The summed E-state index contributed by atoms with van der Waals surface area (Å²) in [6, 6.07) is 6.94. The van der Waals surface area contributed by atoms with Crippen LogP contribution in [0.25, 0.3) is 0 Å². The Morgan fingerprint density at radius 3 is 2.63 bits per heavy atom. The van der Waals surface area contributed by atoms with E-state index in [0.29, 0.717) is 11.3 Å². The van der Waals surface area contributed by atoms with Crippen LogP contribution in [-0.2, 0) is 0 Å². The molecular formula is C12H6Br2Cl2N2O. The number of rotatable bonds is 2. The van der Waals surface area contributed by atoms with E-state index in [-0.39, 0.29) is 16.1 Å². The SMILES string of the molecule is O=C(Nc1cc(Br)ccc1Br)c1cnc(Cl)c(Cl)c1. The fourth-order valence-electron chi connectivity index (χ4n) is 1.33. The van der Waals surface area contributed by atoms with Gasteiger partial charge in [-0.15, -0.1) is 0 Å². The second-order valence-corrected chi connectivity index (χ2v) is 6.11. The van der Waals surface area contributed by atoms with Crippen molar-refractivity contribution in [1.29, 1.82) is 0 Å². The maximum Gasteiger partial charge on any atom is 0.257 e. The zero-order valence-electron chi connectivity index (χ0n) is 9.25. The zero-order valence-corrected chi connectivity index (χ0v) is 13.9. The maximum atomic E-state index is 12.1. The molecule has 0 aliphatic carbocycles. The Kier molecular flexibility index (Phi) is 4.84. The van der Waals surface area contributed by atoms with Crippen LogP contribution in [0.15, 0.2) is 39.4 Å². The van der Waals surface area contributed by atoms with E-state index >= 15 is 0 Å². The molecule has 98 valence electrons. The monoisotopic (exact) mass is 422 g/mol. The second kappa shape index (κ2) is 6.22. The van der Waals surface area contributed by atoms with E-state index < -0.39 is 0 Å². The van der Waals surface area contributed by atoms with Crippen molar-refractivity contribution in [3.8, 4) is 0 Å².